The largest absolute Gasteiger partial charge is 0.455 e. The molecule has 0 spiro atoms. The van der Waals surface area contributed by atoms with E-state index in [9.17, 15) is 0 Å². The molecule has 0 aliphatic heterocycles. The van der Waals surface area contributed by atoms with Crippen molar-refractivity contribution in [2.45, 2.75) is 0 Å². The first kappa shape index (κ1) is 15.8. The van der Waals surface area contributed by atoms with Gasteiger partial charge in [0.1, 0.15) is 11.3 Å². The number of fused-ring (bicyclic) bond motifs is 2. The Balaban J connectivity index is 1.53. The van der Waals surface area contributed by atoms with E-state index in [0.29, 0.717) is 0 Å². The fourth-order valence-electron chi connectivity index (χ4n) is 3.22. The molecule has 0 radical (unpaired) electrons. The summed E-state index contributed by atoms with van der Waals surface area (Å²) in [6.07, 6.45) is 2.09. The lowest BCUT2D eigenvalue weighted by Crippen LogP contribution is -1.97. The molecule has 2 aromatic carbocycles. The van der Waals surface area contributed by atoms with Crippen LogP contribution in [0.25, 0.3) is 27.7 Å². The Bertz CT molecular complexity index is 1140. The molecule has 2 aromatic heterocycles. The number of furan rings is 1. The summed E-state index contributed by atoms with van der Waals surface area (Å²) >= 11 is 13.0. The average molecular weight is 389 g/mol. The summed E-state index contributed by atoms with van der Waals surface area (Å²) in [6.45, 7) is 0. The SMILES string of the molecule is S=C1C(=Cc2cc3oc(-c4ccccc4)cc3s2)C(=S)c2ccccc21. The molecule has 5 rings (SSSR count). The first-order valence-corrected chi connectivity index (χ1v) is 9.83. The van der Waals surface area contributed by atoms with E-state index in [1.54, 1.807) is 11.3 Å². The van der Waals surface area contributed by atoms with Gasteiger partial charge >= 0.3 is 0 Å². The summed E-state index contributed by atoms with van der Waals surface area (Å²) in [6, 6.07) is 22.4. The lowest BCUT2D eigenvalue weighted by atomic mass is 10.1. The van der Waals surface area contributed by atoms with Gasteiger partial charge in [-0.05, 0) is 12.1 Å². The highest BCUT2D eigenvalue weighted by Crippen LogP contribution is 2.36. The van der Waals surface area contributed by atoms with Gasteiger partial charge in [-0.1, -0.05) is 79.0 Å². The maximum atomic E-state index is 6.03. The van der Waals surface area contributed by atoms with Crippen molar-refractivity contribution in [3.05, 3.63) is 88.3 Å². The minimum absolute atomic E-state index is 0.834. The first-order valence-electron chi connectivity index (χ1n) is 8.19. The number of allylic oxidation sites excluding steroid dienone is 1. The van der Waals surface area contributed by atoms with Gasteiger partial charge in [0.15, 0.2) is 0 Å². The summed E-state index contributed by atoms with van der Waals surface area (Å²) in [7, 11) is 0. The Morgan fingerprint density at radius 2 is 1.46 bits per heavy atom. The van der Waals surface area contributed by atoms with Gasteiger partial charge < -0.3 is 4.42 Å². The molecule has 0 unspecified atom stereocenters. The minimum atomic E-state index is 0.834. The van der Waals surface area contributed by atoms with Gasteiger partial charge in [0.25, 0.3) is 0 Å². The Labute approximate surface area is 165 Å². The predicted molar refractivity (Wildman–Crippen MR) is 117 cm³/mol. The van der Waals surface area contributed by atoms with Crippen LogP contribution >= 0.6 is 35.8 Å². The molecule has 1 aliphatic rings. The molecule has 2 heterocycles. The molecule has 0 N–H and O–H groups in total. The second-order valence-corrected chi connectivity index (χ2v) is 8.05. The zero-order chi connectivity index (χ0) is 17.7. The van der Waals surface area contributed by atoms with Crippen molar-refractivity contribution in [3.8, 4) is 11.3 Å². The fraction of sp³-hybridized carbons (Fsp3) is 0. The van der Waals surface area contributed by atoms with Gasteiger partial charge in [0.05, 0.1) is 14.4 Å². The topological polar surface area (TPSA) is 13.1 Å². The fourth-order valence-corrected chi connectivity index (χ4v) is 4.92. The molecule has 0 fully saturated rings. The number of thiocarbonyl (C=S) groups is 2. The van der Waals surface area contributed by atoms with Gasteiger partial charge in [0.2, 0.25) is 0 Å². The van der Waals surface area contributed by atoms with Crippen LogP contribution in [0.2, 0.25) is 0 Å². The predicted octanol–water partition coefficient (Wildman–Crippen LogP) is 6.69. The second kappa shape index (κ2) is 6.09. The van der Waals surface area contributed by atoms with E-state index in [1.807, 2.05) is 42.5 Å². The first-order chi connectivity index (χ1) is 12.7. The highest BCUT2D eigenvalue weighted by Gasteiger charge is 2.26. The van der Waals surface area contributed by atoms with Crippen LogP contribution in [0.5, 0.6) is 0 Å². The number of hydrogen-bond acceptors (Lipinski definition) is 4. The Morgan fingerprint density at radius 1 is 0.808 bits per heavy atom. The lowest BCUT2D eigenvalue weighted by Gasteiger charge is -1.97. The van der Waals surface area contributed by atoms with Crippen LogP contribution in [0.15, 0.2) is 76.7 Å². The highest BCUT2D eigenvalue weighted by atomic mass is 32.1. The van der Waals surface area contributed by atoms with Crippen molar-refractivity contribution in [3.63, 3.8) is 0 Å². The standard InChI is InChI=1S/C22H12OS3/c24-21-15-8-4-5-9-16(15)22(25)17(21)10-14-11-19-20(26-14)12-18(23-19)13-6-2-1-3-7-13/h1-12H. The number of rotatable bonds is 2. The van der Waals surface area contributed by atoms with Gasteiger partial charge in [-0.3, -0.25) is 0 Å². The minimum Gasteiger partial charge on any atom is -0.455 e. The normalized spacial score (nSPS) is 13.5. The Morgan fingerprint density at radius 3 is 2.12 bits per heavy atom. The zero-order valence-electron chi connectivity index (χ0n) is 13.6. The van der Waals surface area contributed by atoms with Crippen LogP contribution in [0, 0.1) is 0 Å². The van der Waals surface area contributed by atoms with E-state index in [-0.39, 0.29) is 0 Å². The molecular formula is C22H12OS3. The van der Waals surface area contributed by atoms with E-state index in [2.05, 4.69) is 30.3 Å². The Kier molecular flexibility index (Phi) is 3.71. The Hall–Kier alpha value is -2.40. The molecule has 1 aliphatic carbocycles. The van der Waals surface area contributed by atoms with Gasteiger partial charge in [-0.2, -0.15) is 0 Å². The van der Waals surface area contributed by atoms with Crippen molar-refractivity contribution in [2.75, 3.05) is 0 Å². The third-order valence-corrected chi connectivity index (χ3v) is 6.37. The maximum Gasteiger partial charge on any atom is 0.146 e. The molecule has 124 valence electrons. The van der Waals surface area contributed by atoms with Crippen molar-refractivity contribution >= 4 is 61.9 Å². The molecule has 26 heavy (non-hydrogen) atoms. The van der Waals surface area contributed by atoms with Gasteiger partial charge in [0, 0.05) is 33.2 Å². The molecule has 0 amide bonds. The van der Waals surface area contributed by atoms with E-state index >= 15 is 0 Å². The van der Waals surface area contributed by atoms with Crippen molar-refractivity contribution in [2.24, 2.45) is 0 Å². The van der Waals surface area contributed by atoms with E-state index < -0.39 is 0 Å². The number of benzene rings is 2. The summed E-state index contributed by atoms with van der Waals surface area (Å²) in [5, 5.41) is 0. The van der Waals surface area contributed by atoms with E-state index in [1.165, 1.54) is 0 Å². The molecule has 4 aromatic rings. The van der Waals surface area contributed by atoms with Crippen molar-refractivity contribution in [1.29, 1.82) is 0 Å². The lowest BCUT2D eigenvalue weighted by molar-refractivity contribution is 0.632. The number of hydrogen-bond donors (Lipinski definition) is 0. The van der Waals surface area contributed by atoms with Crippen LogP contribution in [0.3, 0.4) is 0 Å². The van der Waals surface area contributed by atoms with Gasteiger partial charge in [-0.15, -0.1) is 11.3 Å². The number of thiophene rings is 1. The van der Waals surface area contributed by atoms with Crippen LogP contribution in [0.4, 0.5) is 0 Å². The van der Waals surface area contributed by atoms with Crippen LogP contribution in [-0.4, -0.2) is 9.73 Å². The van der Waals surface area contributed by atoms with Crippen LogP contribution < -0.4 is 0 Å². The smallest absolute Gasteiger partial charge is 0.146 e. The zero-order valence-corrected chi connectivity index (χ0v) is 16.0. The van der Waals surface area contributed by atoms with Crippen LogP contribution in [-0.2, 0) is 0 Å². The van der Waals surface area contributed by atoms with E-state index in [4.69, 9.17) is 28.9 Å². The van der Waals surface area contributed by atoms with Crippen molar-refractivity contribution < 1.29 is 4.42 Å². The summed E-state index contributed by atoms with van der Waals surface area (Å²) in [5.41, 5.74) is 5.07. The third-order valence-electron chi connectivity index (χ3n) is 4.48. The molecule has 0 saturated heterocycles. The monoisotopic (exact) mass is 388 g/mol. The molecular weight excluding hydrogens is 376 g/mol. The molecule has 0 bridgehead atoms. The summed E-state index contributed by atoms with van der Waals surface area (Å²) < 4.78 is 7.16. The highest BCUT2D eigenvalue weighted by molar-refractivity contribution is 7.84. The maximum absolute atomic E-state index is 6.03. The second-order valence-electron chi connectivity index (χ2n) is 6.12. The van der Waals surface area contributed by atoms with Crippen LogP contribution in [0.1, 0.15) is 16.0 Å². The van der Waals surface area contributed by atoms with E-state index in [0.717, 1.165) is 52.9 Å². The van der Waals surface area contributed by atoms with Gasteiger partial charge in [-0.25, -0.2) is 0 Å². The third kappa shape index (κ3) is 2.50. The molecule has 4 heteroatoms. The summed E-state index contributed by atoms with van der Waals surface area (Å²) in [5.74, 6) is 0.894. The quantitative estimate of drug-likeness (QED) is 0.280. The molecule has 0 saturated carbocycles. The average Bonchev–Trinajstić information content (AvgIpc) is 3.30. The molecule has 1 nitrogen and oxygen atoms in total. The molecule has 0 atom stereocenters. The summed E-state index contributed by atoms with van der Waals surface area (Å²) in [4.78, 5) is 2.77. The van der Waals surface area contributed by atoms with Crippen molar-refractivity contribution in [1.82, 2.24) is 0 Å².